The third kappa shape index (κ3) is 2.81. The maximum absolute atomic E-state index is 5.77. The molecule has 3 nitrogen and oxygen atoms in total. The molecule has 3 unspecified atom stereocenters. The number of hydrogen-bond donors (Lipinski definition) is 2. The summed E-state index contributed by atoms with van der Waals surface area (Å²) in [7, 11) is 0. The van der Waals surface area contributed by atoms with Crippen LogP contribution in [0.4, 0.5) is 0 Å². The fourth-order valence-electron chi connectivity index (χ4n) is 3.17. The smallest absolute Gasteiger partial charge is 0.0954 e. The normalized spacial score (nSPS) is 24.9. The van der Waals surface area contributed by atoms with Gasteiger partial charge in [-0.3, -0.25) is 11.3 Å². The van der Waals surface area contributed by atoms with E-state index >= 15 is 0 Å². The van der Waals surface area contributed by atoms with Crippen LogP contribution in [-0.2, 0) is 6.42 Å². The van der Waals surface area contributed by atoms with Crippen LogP contribution >= 0.6 is 11.3 Å². The van der Waals surface area contributed by atoms with Crippen LogP contribution in [0.15, 0.2) is 24.3 Å². The Labute approximate surface area is 118 Å². The number of hydrazine groups is 1. The van der Waals surface area contributed by atoms with Crippen molar-refractivity contribution in [3.05, 3.63) is 29.3 Å². The Morgan fingerprint density at radius 2 is 2.26 bits per heavy atom. The Hall–Kier alpha value is -0.970. The van der Waals surface area contributed by atoms with Gasteiger partial charge in [0, 0.05) is 12.5 Å². The van der Waals surface area contributed by atoms with E-state index in [1.165, 1.54) is 29.0 Å². The van der Waals surface area contributed by atoms with E-state index in [0.717, 1.165) is 17.9 Å². The molecule has 0 spiro atoms. The molecule has 2 aromatic rings. The first-order chi connectivity index (χ1) is 9.26. The van der Waals surface area contributed by atoms with Crippen LogP contribution < -0.4 is 11.3 Å². The number of thiazole rings is 1. The molecule has 1 fully saturated rings. The first kappa shape index (κ1) is 13.0. The zero-order chi connectivity index (χ0) is 13.2. The Balaban J connectivity index is 1.75. The molecule has 0 aliphatic heterocycles. The number of rotatable bonds is 4. The summed E-state index contributed by atoms with van der Waals surface area (Å²) in [6, 6.07) is 8.70. The number of aromatic nitrogens is 1. The molecular weight excluding hydrogens is 254 g/mol. The highest BCUT2D eigenvalue weighted by Gasteiger charge is 2.28. The molecular formula is C15H21N3S. The monoisotopic (exact) mass is 275 g/mol. The maximum atomic E-state index is 5.77. The van der Waals surface area contributed by atoms with Crippen LogP contribution in [0.25, 0.3) is 10.2 Å². The number of benzene rings is 1. The average molecular weight is 275 g/mol. The summed E-state index contributed by atoms with van der Waals surface area (Å²) >= 11 is 1.79. The molecule has 3 rings (SSSR count). The molecule has 3 atom stereocenters. The second-order valence-electron chi connectivity index (χ2n) is 5.73. The summed E-state index contributed by atoms with van der Waals surface area (Å²) in [4.78, 5) is 4.71. The highest BCUT2D eigenvalue weighted by Crippen LogP contribution is 2.34. The Morgan fingerprint density at radius 3 is 2.95 bits per heavy atom. The van der Waals surface area contributed by atoms with Gasteiger partial charge in [0.05, 0.1) is 15.2 Å². The van der Waals surface area contributed by atoms with Crippen molar-refractivity contribution in [3.8, 4) is 0 Å². The first-order valence-electron chi connectivity index (χ1n) is 7.07. The molecule has 1 aromatic carbocycles. The number of nitrogens with one attached hydrogen (secondary N) is 1. The van der Waals surface area contributed by atoms with Crippen LogP contribution in [0.1, 0.15) is 31.2 Å². The minimum atomic E-state index is 0.366. The molecule has 1 heterocycles. The number of fused-ring (bicyclic) bond motifs is 1. The van der Waals surface area contributed by atoms with Gasteiger partial charge < -0.3 is 0 Å². The number of para-hydroxylation sites is 1. The minimum Gasteiger partial charge on any atom is -0.271 e. The molecule has 1 aromatic heterocycles. The lowest BCUT2D eigenvalue weighted by Gasteiger charge is -2.21. The summed E-state index contributed by atoms with van der Waals surface area (Å²) in [6.07, 6.45) is 4.87. The SMILES string of the molecule is CC1CCC(C(Cc2nc3ccccc3s2)NN)C1. The molecule has 0 radical (unpaired) electrons. The van der Waals surface area contributed by atoms with Gasteiger partial charge in [0.25, 0.3) is 0 Å². The second-order valence-corrected chi connectivity index (χ2v) is 6.85. The highest BCUT2D eigenvalue weighted by molar-refractivity contribution is 7.18. The number of nitrogens with zero attached hydrogens (tertiary/aromatic N) is 1. The van der Waals surface area contributed by atoms with Gasteiger partial charge >= 0.3 is 0 Å². The third-order valence-corrected chi connectivity index (χ3v) is 5.31. The quantitative estimate of drug-likeness (QED) is 0.666. The number of nitrogens with two attached hydrogens (primary N) is 1. The van der Waals surface area contributed by atoms with Crippen molar-refractivity contribution in [3.63, 3.8) is 0 Å². The Kier molecular flexibility index (Phi) is 3.82. The fourth-order valence-corrected chi connectivity index (χ4v) is 4.20. The maximum Gasteiger partial charge on any atom is 0.0954 e. The summed E-state index contributed by atoms with van der Waals surface area (Å²) in [5.41, 5.74) is 4.13. The molecule has 4 heteroatoms. The van der Waals surface area contributed by atoms with Gasteiger partial charge in [-0.05, 0) is 36.8 Å². The van der Waals surface area contributed by atoms with Crippen LogP contribution in [0, 0.1) is 11.8 Å². The third-order valence-electron chi connectivity index (χ3n) is 4.25. The summed E-state index contributed by atoms with van der Waals surface area (Å²) < 4.78 is 1.27. The van der Waals surface area contributed by atoms with Gasteiger partial charge in [-0.1, -0.05) is 25.5 Å². The lowest BCUT2D eigenvalue weighted by molar-refractivity contribution is 0.352. The van der Waals surface area contributed by atoms with E-state index in [1.807, 2.05) is 6.07 Å². The predicted molar refractivity (Wildman–Crippen MR) is 80.9 cm³/mol. The highest BCUT2D eigenvalue weighted by atomic mass is 32.1. The average Bonchev–Trinajstić information content (AvgIpc) is 3.01. The van der Waals surface area contributed by atoms with Gasteiger partial charge in [0.15, 0.2) is 0 Å². The van der Waals surface area contributed by atoms with Gasteiger partial charge in [-0.2, -0.15) is 0 Å². The minimum absolute atomic E-state index is 0.366. The van der Waals surface area contributed by atoms with Crippen molar-refractivity contribution in [2.24, 2.45) is 17.7 Å². The summed E-state index contributed by atoms with van der Waals surface area (Å²) in [5, 5.41) is 1.20. The zero-order valence-electron chi connectivity index (χ0n) is 11.3. The second kappa shape index (κ2) is 5.57. The molecule has 1 aliphatic rings. The van der Waals surface area contributed by atoms with Crippen molar-refractivity contribution in [2.45, 2.75) is 38.6 Å². The lowest BCUT2D eigenvalue weighted by Crippen LogP contribution is -2.41. The van der Waals surface area contributed by atoms with E-state index in [-0.39, 0.29) is 0 Å². The van der Waals surface area contributed by atoms with Crippen LogP contribution in [0.3, 0.4) is 0 Å². The Morgan fingerprint density at radius 1 is 1.42 bits per heavy atom. The molecule has 102 valence electrons. The first-order valence-corrected chi connectivity index (χ1v) is 7.88. The van der Waals surface area contributed by atoms with Crippen molar-refractivity contribution >= 4 is 21.6 Å². The van der Waals surface area contributed by atoms with Gasteiger partial charge in [-0.15, -0.1) is 11.3 Å². The van der Waals surface area contributed by atoms with E-state index in [2.05, 4.69) is 30.5 Å². The van der Waals surface area contributed by atoms with E-state index in [1.54, 1.807) is 11.3 Å². The van der Waals surface area contributed by atoms with Crippen molar-refractivity contribution < 1.29 is 0 Å². The molecule has 1 aliphatic carbocycles. The van der Waals surface area contributed by atoms with Crippen molar-refractivity contribution in [2.75, 3.05) is 0 Å². The van der Waals surface area contributed by atoms with Gasteiger partial charge in [0.1, 0.15) is 0 Å². The zero-order valence-corrected chi connectivity index (χ0v) is 12.1. The van der Waals surface area contributed by atoms with Crippen molar-refractivity contribution in [1.82, 2.24) is 10.4 Å². The van der Waals surface area contributed by atoms with E-state index in [0.29, 0.717) is 12.0 Å². The summed E-state index contributed by atoms with van der Waals surface area (Å²) in [6.45, 7) is 2.34. The van der Waals surface area contributed by atoms with Gasteiger partial charge in [0.2, 0.25) is 0 Å². The fraction of sp³-hybridized carbons (Fsp3) is 0.533. The molecule has 3 N–H and O–H groups in total. The molecule has 19 heavy (non-hydrogen) atoms. The van der Waals surface area contributed by atoms with E-state index in [9.17, 15) is 0 Å². The van der Waals surface area contributed by atoms with E-state index in [4.69, 9.17) is 10.8 Å². The standard InChI is InChI=1S/C15H21N3S/c1-10-6-7-11(8-10)13(18-16)9-15-17-12-4-2-3-5-14(12)19-15/h2-5,10-11,13,18H,6-9,16H2,1H3. The van der Waals surface area contributed by atoms with Crippen molar-refractivity contribution in [1.29, 1.82) is 0 Å². The molecule has 0 saturated heterocycles. The van der Waals surface area contributed by atoms with Crippen LogP contribution in [-0.4, -0.2) is 11.0 Å². The topological polar surface area (TPSA) is 50.9 Å². The lowest BCUT2D eigenvalue weighted by atomic mass is 9.95. The summed E-state index contributed by atoms with van der Waals surface area (Å²) in [5.74, 6) is 7.31. The van der Waals surface area contributed by atoms with E-state index < -0.39 is 0 Å². The number of hydrogen-bond acceptors (Lipinski definition) is 4. The van der Waals surface area contributed by atoms with Crippen LogP contribution in [0.2, 0.25) is 0 Å². The Bertz CT molecular complexity index is 518. The van der Waals surface area contributed by atoms with Crippen LogP contribution in [0.5, 0.6) is 0 Å². The largest absolute Gasteiger partial charge is 0.271 e. The molecule has 0 bridgehead atoms. The molecule has 0 amide bonds. The molecule has 1 saturated carbocycles. The predicted octanol–water partition coefficient (Wildman–Crippen LogP) is 3.11. The van der Waals surface area contributed by atoms with Gasteiger partial charge in [-0.25, -0.2) is 4.98 Å².